The van der Waals surface area contributed by atoms with Gasteiger partial charge in [0.1, 0.15) is 0 Å². The summed E-state index contributed by atoms with van der Waals surface area (Å²) in [6.07, 6.45) is 0. The summed E-state index contributed by atoms with van der Waals surface area (Å²) in [5.41, 5.74) is 13.8. The topological polar surface area (TPSA) is 99.6 Å². The van der Waals surface area contributed by atoms with Crippen LogP contribution < -0.4 is 11.5 Å². The number of hydrogen-bond acceptors (Lipinski definition) is 4. The molecule has 0 radical (unpaired) electrons. The molecule has 4 N–H and O–H groups in total. The van der Waals surface area contributed by atoms with E-state index in [-0.39, 0.29) is 0 Å². The first kappa shape index (κ1) is 14.3. The fourth-order valence-electron chi connectivity index (χ4n) is 1.88. The van der Waals surface area contributed by atoms with Crippen LogP contribution >= 0.6 is 0 Å². The van der Waals surface area contributed by atoms with Gasteiger partial charge in [0, 0.05) is 11.4 Å². The Labute approximate surface area is 113 Å². The summed E-state index contributed by atoms with van der Waals surface area (Å²) in [5, 5.41) is 18.6. The number of allylic oxidation sites excluding steroid dienone is 4. The van der Waals surface area contributed by atoms with E-state index in [0.717, 1.165) is 5.56 Å². The molecule has 1 unspecified atom stereocenters. The Morgan fingerprint density at radius 1 is 0.947 bits per heavy atom. The summed E-state index contributed by atoms with van der Waals surface area (Å²) in [4.78, 5) is 0. The molecule has 0 aliphatic rings. The van der Waals surface area contributed by atoms with Gasteiger partial charge in [0.05, 0.1) is 29.2 Å². The monoisotopic (exact) mass is 252 g/mol. The highest BCUT2D eigenvalue weighted by atomic mass is 14.6. The number of nitrogens with zero attached hydrogens (tertiary/aromatic N) is 2. The van der Waals surface area contributed by atoms with Crippen LogP contribution in [0.15, 0.2) is 52.9 Å². The Bertz CT molecular complexity index is 553. The van der Waals surface area contributed by atoms with Gasteiger partial charge in [0.25, 0.3) is 0 Å². The van der Waals surface area contributed by atoms with Crippen LogP contribution in [-0.2, 0) is 0 Å². The summed E-state index contributed by atoms with van der Waals surface area (Å²) >= 11 is 0. The maximum absolute atomic E-state index is 9.29. The fraction of sp³-hybridized carbons (Fsp3) is 0.200. The highest BCUT2D eigenvalue weighted by Gasteiger charge is 2.24. The highest BCUT2D eigenvalue weighted by Crippen LogP contribution is 2.33. The van der Waals surface area contributed by atoms with Gasteiger partial charge in [-0.05, 0) is 19.4 Å². The van der Waals surface area contributed by atoms with Crippen LogP contribution in [0.5, 0.6) is 0 Å². The third-order valence-corrected chi connectivity index (χ3v) is 2.80. The molecule has 0 saturated carbocycles. The van der Waals surface area contributed by atoms with Crippen LogP contribution in [0.25, 0.3) is 0 Å². The zero-order valence-electron chi connectivity index (χ0n) is 11.0. The van der Waals surface area contributed by atoms with Crippen molar-refractivity contribution in [1.82, 2.24) is 0 Å². The van der Waals surface area contributed by atoms with Crippen LogP contribution in [0, 0.1) is 22.7 Å². The lowest BCUT2D eigenvalue weighted by atomic mass is 9.84. The lowest BCUT2D eigenvalue weighted by Gasteiger charge is -2.18. The van der Waals surface area contributed by atoms with Crippen LogP contribution in [0.2, 0.25) is 0 Å². The molecule has 0 saturated heterocycles. The van der Waals surface area contributed by atoms with Crippen molar-refractivity contribution in [3.63, 3.8) is 0 Å². The van der Waals surface area contributed by atoms with E-state index in [1.54, 1.807) is 13.8 Å². The quantitative estimate of drug-likeness (QED) is 0.806. The Balaban J connectivity index is 3.55. The van der Waals surface area contributed by atoms with Crippen molar-refractivity contribution in [3.8, 4) is 12.1 Å². The molecule has 1 rings (SSSR count). The normalized spacial score (nSPS) is 14.5. The first-order valence-electron chi connectivity index (χ1n) is 5.80. The van der Waals surface area contributed by atoms with Gasteiger partial charge in [-0.25, -0.2) is 0 Å². The zero-order valence-corrected chi connectivity index (χ0v) is 11.0. The Kier molecular flexibility index (Phi) is 4.74. The van der Waals surface area contributed by atoms with Crippen molar-refractivity contribution < 1.29 is 0 Å². The Morgan fingerprint density at radius 3 is 1.68 bits per heavy atom. The van der Waals surface area contributed by atoms with E-state index >= 15 is 0 Å². The molecule has 0 amide bonds. The predicted octanol–water partition coefficient (Wildman–Crippen LogP) is 2.28. The summed E-state index contributed by atoms with van der Waals surface area (Å²) < 4.78 is 0. The van der Waals surface area contributed by atoms with Crippen molar-refractivity contribution in [1.29, 1.82) is 10.5 Å². The summed E-state index contributed by atoms with van der Waals surface area (Å²) in [6, 6.07) is 13.4. The molecular weight excluding hydrogens is 236 g/mol. The molecule has 0 spiro atoms. The van der Waals surface area contributed by atoms with Crippen molar-refractivity contribution in [2.45, 2.75) is 19.8 Å². The van der Waals surface area contributed by atoms with Crippen LogP contribution in [-0.4, -0.2) is 0 Å². The van der Waals surface area contributed by atoms with Crippen molar-refractivity contribution >= 4 is 0 Å². The number of benzene rings is 1. The molecule has 0 aromatic heterocycles. The second kappa shape index (κ2) is 6.28. The molecule has 0 bridgehead atoms. The van der Waals surface area contributed by atoms with E-state index in [1.807, 2.05) is 30.3 Å². The number of nitrogens with two attached hydrogens (primary N) is 2. The van der Waals surface area contributed by atoms with E-state index in [4.69, 9.17) is 11.5 Å². The van der Waals surface area contributed by atoms with Crippen LogP contribution in [0.1, 0.15) is 25.3 Å². The molecule has 19 heavy (non-hydrogen) atoms. The van der Waals surface area contributed by atoms with E-state index in [9.17, 15) is 10.5 Å². The summed E-state index contributed by atoms with van der Waals surface area (Å²) in [7, 11) is 0. The third-order valence-electron chi connectivity index (χ3n) is 2.80. The third kappa shape index (κ3) is 3.14. The highest BCUT2D eigenvalue weighted by molar-refractivity contribution is 5.51. The van der Waals surface area contributed by atoms with Crippen LogP contribution in [0.4, 0.5) is 0 Å². The predicted molar refractivity (Wildman–Crippen MR) is 74.2 cm³/mol. The zero-order chi connectivity index (χ0) is 14.4. The maximum Gasteiger partial charge on any atom is 0.0975 e. The van der Waals surface area contributed by atoms with Gasteiger partial charge in [-0.3, -0.25) is 0 Å². The molecule has 0 aliphatic carbocycles. The molecule has 96 valence electrons. The van der Waals surface area contributed by atoms with Crippen molar-refractivity contribution in [2.24, 2.45) is 11.5 Å². The van der Waals surface area contributed by atoms with E-state index in [0.29, 0.717) is 22.5 Å². The van der Waals surface area contributed by atoms with E-state index in [2.05, 4.69) is 12.1 Å². The van der Waals surface area contributed by atoms with Gasteiger partial charge in [-0.1, -0.05) is 30.3 Å². The average molecular weight is 252 g/mol. The van der Waals surface area contributed by atoms with E-state index in [1.165, 1.54) is 0 Å². The Morgan fingerprint density at radius 2 is 1.37 bits per heavy atom. The molecular formula is C15H16N4. The SMILES string of the molecule is C/C(N)=C(/C#N)C(/C(C#N)=C(/C)N)c1ccccc1. The van der Waals surface area contributed by atoms with Gasteiger partial charge in [-0.15, -0.1) is 0 Å². The van der Waals surface area contributed by atoms with Gasteiger partial charge >= 0.3 is 0 Å². The number of hydrogen-bond donors (Lipinski definition) is 2. The number of rotatable bonds is 3. The molecule has 1 aromatic rings. The van der Waals surface area contributed by atoms with Crippen molar-refractivity contribution in [2.75, 3.05) is 0 Å². The second-order valence-corrected chi connectivity index (χ2v) is 4.26. The lowest BCUT2D eigenvalue weighted by molar-refractivity contribution is 0.933. The van der Waals surface area contributed by atoms with Gasteiger partial charge in [0.15, 0.2) is 0 Å². The molecule has 4 nitrogen and oxygen atoms in total. The molecule has 1 aromatic carbocycles. The molecule has 0 fully saturated rings. The largest absolute Gasteiger partial charge is 0.401 e. The van der Waals surface area contributed by atoms with Gasteiger partial charge in [0.2, 0.25) is 0 Å². The van der Waals surface area contributed by atoms with Gasteiger partial charge < -0.3 is 11.5 Å². The number of nitriles is 2. The minimum Gasteiger partial charge on any atom is -0.401 e. The minimum absolute atomic E-state index is 0.354. The van der Waals surface area contributed by atoms with E-state index < -0.39 is 5.92 Å². The maximum atomic E-state index is 9.29. The Hall–Kier alpha value is -2.72. The summed E-state index contributed by atoms with van der Waals surface area (Å²) in [6.45, 7) is 3.30. The molecule has 1 atom stereocenters. The molecule has 0 aliphatic heterocycles. The van der Waals surface area contributed by atoms with Crippen molar-refractivity contribution in [3.05, 3.63) is 58.4 Å². The van der Waals surface area contributed by atoms with Gasteiger partial charge in [-0.2, -0.15) is 10.5 Å². The average Bonchev–Trinajstić information content (AvgIpc) is 2.39. The molecule has 4 heteroatoms. The smallest absolute Gasteiger partial charge is 0.0975 e. The lowest BCUT2D eigenvalue weighted by Crippen LogP contribution is -2.13. The fourth-order valence-corrected chi connectivity index (χ4v) is 1.88. The first-order valence-corrected chi connectivity index (χ1v) is 5.80. The first-order chi connectivity index (χ1) is 9.02. The van der Waals surface area contributed by atoms with Crippen LogP contribution in [0.3, 0.4) is 0 Å². The standard InChI is InChI=1S/C15H16N4/c1-10(18)13(8-16)15(14(9-17)11(2)19)12-6-4-3-5-7-12/h3-7,15H,18-19H2,1-2H3/b13-10-,14-11+. The minimum atomic E-state index is -0.508. The summed E-state index contributed by atoms with van der Waals surface area (Å²) in [5.74, 6) is -0.508. The second-order valence-electron chi connectivity index (χ2n) is 4.26. The molecule has 0 heterocycles.